The van der Waals surface area contributed by atoms with Gasteiger partial charge in [0.15, 0.2) is 5.58 Å². The molecule has 0 saturated heterocycles. The number of furan rings is 1. The second-order valence-electron chi connectivity index (χ2n) is 32.8. The first-order chi connectivity index (χ1) is 57.3. The van der Waals surface area contributed by atoms with Gasteiger partial charge in [-0.1, -0.05) is 323 Å². The van der Waals surface area contributed by atoms with Gasteiger partial charge in [-0.05, 0) is 231 Å². The fraction of sp³-hybridized carbons (Fsp3) is 0.0545. The normalized spacial score (nSPS) is 11.8. The van der Waals surface area contributed by atoms with Crippen LogP contribution in [0.3, 0.4) is 0 Å². The van der Waals surface area contributed by atoms with Gasteiger partial charge < -0.3 is 24.0 Å². The van der Waals surface area contributed by atoms with Crippen LogP contribution in [-0.2, 0) is 0 Å². The van der Waals surface area contributed by atoms with Gasteiger partial charge in [0.1, 0.15) is 5.58 Å². The van der Waals surface area contributed by atoms with Crippen LogP contribution in [0.15, 0.2) is 417 Å². The fourth-order valence-corrected chi connectivity index (χ4v) is 20.1. The van der Waals surface area contributed by atoms with Crippen LogP contribution in [0.2, 0.25) is 39.3 Å². The smallest absolute Gasteiger partial charge is 0.159 e. The lowest BCUT2D eigenvalue weighted by atomic mass is 9.90. The molecule has 0 bridgehead atoms. The molecule has 20 aromatic carbocycles. The molecular weight excluding hydrogens is 1450 g/mol. The van der Waals surface area contributed by atoms with E-state index >= 15 is 0 Å². The van der Waals surface area contributed by atoms with E-state index in [9.17, 15) is 0 Å². The van der Waals surface area contributed by atoms with E-state index in [1.165, 1.54) is 108 Å². The van der Waals surface area contributed by atoms with Crippen molar-refractivity contribution in [3.63, 3.8) is 0 Å². The van der Waals surface area contributed by atoms with Crippen molar-refractivity contribution in [3.8, 4) is 11.1 Å². The summed E-state index contributed by atoms with van der Waals surface area (Å²) in [5.74, 6) is 0. The van der Waals surface area contributed by atoms with Crippen molar-refractivity contribution in [3.05, 3.63) is 413 Å². The second-order valence-corrected chi connectivity index (χ2v) is 42.9. The lowest BCUT2D eigenvalue weighted by Gasteiger charge is -2.28. The molecule has 0 fully saturated rings. The SMILES string of the molecule is C[Si](C)(C)c1ccc(N(c2ccccc2)c2ccc3c(ccc4c5ccc(N(c6ccccc6)c6cccc7c6oc6ccccc67)cc5c5ccccc5c34)c2)cc1.C[Si](C)(C)c1ccc(N(c2ccccc2)c2ccc3c(ccc4c5ccc(N(c6ccccc6)c6ccccc6-c6ccccc6)cc5c5ccccc5c34)c2)cc1. The Balaban J connectivity index is 0.000000151. The first kappa shape index (κ1) is 71.9. The van der Waals surface area contributed by atoms with Crippen molar-refractivity contribution < 1.29 is 4.42 Å². The van der Waals surface area contributed by atoms with Crippen molar-refractivity contribution in [2.75, 3.05) is 19.6 Å². The highest BCUT2D eigenvalue weighted by Crippen LogP contribution is 2.50. The molecule has 0 N–H and O–H groups in total. The summed E-state index contributed by atoms with van der Waals surface area (Å²) in [5.41, 5.74) is 17.6. The van der Waals surface area contributed by atoms with Gasteiger partial charge in [0.2, 0.25) is 0 Å². The standard InChI is InChI=1S/C55H42N2OSi.C55H44N2Si/c1-59(2,3)43-30-26-40(27-31-43)56(38-15-6-4-7-16-38)41-28-33-44-37(35-41)25-32-49-46-34-29-42(36-51(46)45-19-10-11-21-48(45)54(44)49)57(39-17-8-5-9-18-39)52-23-14-22-50-47-20-12-13-24-53(47)58-55(50)52;1-58(2,3)46-32-28-43(29-33-46)56(41-19-9-5-10-20-41)44-30-35-48-40(37-44)27-34-52-50-36-31-45(38-53(50)49-24-13-14-25-51(49)55(48)52)57(42-21-11-6-12-22-42)54-26-16-15-23-47(54)39-17-7-4-8-18-39/h4-36H,1-3H3;4-38H,1-3H3. The van der Waals surface area contributed by atoms with E-state index in [4.69, 9.17) is 4.42 Å². The van der Waals surface area contributed by atoms with Crippen LogP contribution in [0.5, 0.6) is 0 Å². The number of hydrogen-bond acceptors (Lipinski definition) is 5. The molecule has 0 aliphatic heterocycles. The highest BCUT2D eigenvalue weighted by Gasteiger charge is 2.26. The van der Waals surface area contributed by atoms with Crippen molar-refractivity contribution in [2.24, 2.45) is 0 Å². The summed E-state index contributed by atoms with van der Waals surface area (Å²) in [6, 6.07) is 151. The van der Waals surface area contributed by atoms with Crippen LogP contribution in [0.1, 0.15) is 0 Å². The fourth-order valence-electron chi connectivity index (χ4n) is 17.8. The molecule has 0 saturated carbocycles. The molecule has 21 rings (SSSR count). The molecule has 1 heterocycles. The van der Waals surface area contributed by atoms with E-state index in [1.807, 2.05) is 6.07 Å². The van der Waals surface area contributed by atoms with Crippen molar-refractivity contribution in [2.45, 2.75) is 39.3 Å². The maximum atomic E-state index is 6.61. The van der Waals surface area contributed by atoms with Gasteiger partial charge in [-0.3, -0.25) is 0 Å². The highest BCUT2D eigenvalue weighted by atomic mass is 28.3. The lowest BCUT2D eigenvalue weighted by molar-refractivity contribution is 0.669. The molecule has 117 heavy (non-hydrogen) atoms. The Hall–Kier alpha value is -14.1. The Morgan fingerprint density at radius 2 is 0.504 bits per heavy atom. The third kappa shape index (κ3) is 13.2. The van der Waals surface area contributed by atoms with E-state index in [0.717, 1.165) is 90.2 Å². The summed E-state index contributed by atoms with van der Waals surface area (Å²) in [6.45, 7) is 14.4. The van der Waals surface area contributed by atoms with E-state index in [1.54, 1.807) is 0 Å². The predicted molar refractivity (Wildman–Crippen MR) is 510 cm³/mol. The molecule has 7 heteroatoms. The van der Waals surface area contributed by atoms with Gasteiger partial charge in [-0.15, -0.1) is 0 Å². The summed E-state index contributed by atoms with van der Waals surface area (Å²) in [7, 11) is -2.87. The summed E-state index contributed by atoms with van der Waals surface area (Å²) in [5, 5.41) is 25.1. The zero-order chi connectivity index (χ0) is 78.9. The van der Waals surface area contributed by atoms with Gasteiger partial charge in [-0.2, -0.15) is 0 Å². The first-order valence-electron chi connectivity index (χ1n) is 40.6. The molecule has 1 aromatic heterocycles. The van der Waals surface area contributed by atoms with Crippen LogP contribution in [-0.4, -0.2) is 16.1 Å². The van der Waals surface area contributed by atoms with Crippen LogP contribution in [0.4, 0.5) is 68.2 Å². The van der Waals surface area contributed by atoms with Crippen molar-refractivity contribution in [1.82, 2.24) is 0 Å². The largest absolute Gasteiger partial charge is 0.454 e. The third-order valence-corrected chi connectivity index (χ3v) is 27.6. The Morgan fingerprint density at radius 1 is 0.197 bits per heavy atom. The molecule has 0 atom stereocenters. The minimum Gasteiger partial charge on any atom is -0.454 e. The molecule has 560 valence electrons. The van der Waals surface area contributed by atoms with Crippen LogP contribution < -0.4 is 30.0 Å². The van der Waals surface area contributed by atoms with Gasteiger partial charge in [-0.25, -0.2) is 0 Å². The molecule has 0 spiro atoms. The van der Waals surface area contributed by atoms with Crippen molar-refractivity contribution in [1.29, 1.82) is 0 Å². The number of para-hydroxylation sites is 7. The van der Waals surface area contributed by atoms with E-state index in [2.05, 4.69) is 465 Å². The third-order valence-electron chi connectivity index (χ3n) is 23.5. The summed E-state index contributed by atoms with van der Waals surface area (Å²) in [6.07, 6.45) is 0. The number of anilines is 12. The predicted octanol–water partition coefficient (Wildman–Crippen LogP) is 31.1. The van der Waals surface area contributed by atoms with Crippen LogP contribution in [0, 0.1) is 0 Å². The quantitative estimate of drug-likeness (QED) is 0.0753. The lowest BCUT2D eigenvalue weighted by Crippen LogP contribution is -2.37. The Kier molecular flexibility index (Phi) is 18.3. The van der Waals surface area contributed by atoms with E-state index in [-0.39, 0.29) is 0 Å². The minimum absolute atomic E-state index is 0.876. The van der Waals surface area contributed by atoms with Gasteiger partial charge in [0, 0.05) is 73.2 Å². The van der Waals surface area contributed by atoms with E-state index in [0.29, 0.717) is 0 Å². The monoisotopic (exact) mass is 1530 g/mol. The second kappa shape index (κ2) is 29.7. The number of rotatable bonds is 15. The molecule has 0 amide bonds. The Labute approximate surface area is 685 Å². The molecule has 0 radical (unpaired) electrons. The van der Waals surface area contributed by atoms with Crippen molar-refractivity contribution >= 4 is 203 Å². The van der Waals surface area contributed by atoms with Crippen LogP contribution in [0.25, 0.3) is 119 Å². The molecule has 5 nitrogen and oxygen atoms in total. The van der Waals surface area contributed by atoms with Gasteiger partial charge in [0.25, 0.3) is 0 Å². The molecule has 0 aliphatic carbocycles. The first-order valence-corrected chi connectivity index (χ1v) is 47.6. The zero-order valence-electron chi connectivity index (χ0n) is 66.5. The Bertz CT molecular complexity index is 7290. The number of benzene rings is 20. The maximum Gasteiger partial charge on any atom is 0.159 e. The summed E-state index contributed by atoms with van der Waals surface area (Å²) < 4.78 is 6.61. The number of nitrogens with zero attached hydrogens (tertiary/aromatic N) is 4. The zero-order valence-corrected chi connectivity index (χ0v) is 68.5. The number of fused-ring (bicyclic) bond motifs is 19. The summed E-state index contributed by atoms with van der Waals surface area (Å²) >= 11 is 0. The van der Waals surface area contributed by atoms with Crippen LogP contribution >= 0.6 is 0 Å². The van der Waals surface area contributed by atoms with E-state index < -0.39 is 16.1 Å². The topological polar surface area (TPSA) is 26.1 Å². The molecule has 0 aliphatic rings. The Morgan fingerprint density at radius 3 is 0.957 bits per heavy atom. The average Bonchev–Trinajstić information content (AvgIpc) is 1.32. The average molecular weight is 1540 g/mol. The summed E-state index contributed by atoms with van der Waals surface area (Å²) in [4.78, 5) is 9.50. The minimum atomic E-state index is -1.44. The maximum absolute atomic E-state index is 6.61. The van der Waals surface area contributed by atoms with Gasteiger partial charge >= 0.3 is 0 Å². The van der Waals surface area contributed by atoms with Gasteiger partial charge in [0.05, 0.1) is 27.5 Å². The number of hydrogen-bond donors (Lipinski definition) is 0. The molecular formula is C110H86N4OSi2. The molecule has 0 unspecified atom stereocenters. The highest BCUT2D eigenvalue weighted by molar-refractivity contribution is 6.89. The molecule has 21 aromatic rings.